The van der Waals surface area contributed by atoms with Crippen molar-refractivity contribution in [3.63, 3.8) is 0 Å². The van der Waals surface area contributed by atoms with Crippen LogP contribution in [0, 0.1) is 0 Å². The molecular weight excluding hydrogens is 312 g/mol. The van der Waals surface area contributed by atoms with Gasteiger partial charge in [0.1, 0.15) is 0 Å². The smallest absolute Gasteiger partial charge is 0.197 e. The number of benzene rings is 1. The molecular formula is C17H17BrN2. The highest BCUT2D eigenvalue weighted by molar-refractivity contribution is 9.18. The molecule has 0 amide bonds. The van der Waals surface area contributed by atoms with E-state index >= 15 is 0 Å². The standard InChI is InChI=1S/C17H17BrN2/c1-13(15-9-5-3-6-10-15)19-17(18)20-14(2)16-11-7-4-8-12-16/h3-7,9-11H,1,8,12H2,2H3/b19-17-,20-14+. The lowest BCUT2D eigenvalue weighted by molar-refractivity contribution is 1.00. The largest absolute Gasteiger partial charge is 0.227 e. The molecule has 0 unspecified atom stereocenters. The monoisotopic (exact) mass is 328 g/mol. The second-order valence-corrected chi connectivity index (χ2v) is 5.26. The fourth-order valence-electron chi connectivity index (χ4n) is 1.95. The Bertz CT molecular complexity index is 607. The van der Waals surface area contributed by atoms with E-state index in [0.717, 1.165) is 24.1 Å². The zero-order valence-electron chi connectivity index (χ0n) is 11.5. The Hall–Kier alpha value is -1.74. The highest BCUT2D eigenvalue weighted by atomic mass is 79.9. The van der Waals surface area contributed by atoms with Crippen LogP contribution in [0.4, 0.5) is 0 Å². The van der Waals surface area contributed by atoms with Crippen molar-refractivity contribution in [1.29, 1.82) is 0 Å². The molecule has 0 radical (unpaired) electrons. The molecule has 0 saturated heterocycles. The molecule has 1 aromatic carbocycles. The van der Waals surface area contributed by atoms with E-state index in [2.05, 4.69) is 50.7 Å². The first-order valence-electron chi connectivity index (χ1n) is 6.56. The van der Waals surface area contributed by atoms with Crippen molar-refractivity contribution in [2.45, 2.75) is 19.8 Å². The normalized spacial score (nSPS) is 16.0. The molecule has 1 aromatic rings. The molecule has 0 spiro atoms. The molecule has 0 fully saturated rings. The highest BCUT2D eigenvalue weighted by Gasteiger charge is 2.04. The van der Waals surface area contributed by atoms with Crippen molar-refractivity contribution in [3.05, 3.63) is 66.3 Å². The average Bonchev–Trinajstić information content (AvgIpc) is 2.49. The first-order chi connectivity index (χ1) is 9.66. The first-order valence-corrected chi connectivity index (χ1v) is 7.36. The van der Waals surface area contributed by atoms with Gasteiger partial charge in [0.25, 0.3) is 0 Å². The second kappa shape index (κ2) is 7.15. The van der Waals surface area contributed by atoms with Crippen molar-refractivity contribution in [2.75, 3.05) is 0 Å². The summed E-state index contributed by atoms with van der Waals surface area (Å²) >= 11 is 3.40. The van der Waals surface area contributed by atoms with Crippen LogP contribution in [0.5, 0.6) is 0 Å². The highest BCUT2D eigenvalue weighted by Crippen LogP contribution is 2.17. The molecule has 0 N–H and O–H groups in total. The van der Waals surface area contributed by atoms with Crippen LogP contribution in [0.1, 0.15) is 25.3 Å². The van der Waals surface area contributed by atoms with Crippen LogP contribution in [-0.2, 0) is 0 Å². The predicted octanol–water partition coefficient (Wildman–Crippen LogP) is 5.15. The lowest BCUT2D eigenvalue weighted by atomic mass is 10.0. The minimum absolute atomic E-state index is 0.555. The first kappa shape index (κ1) is 14.7. The van der Waals surface area contributed by atoms with Gasteiger partial charge < -0.3 is 0 Å². The van der Waals surface area contributed by atoms with Crippen LogP contribution in [0.3, 0.4) is 0 Å². The van der Waals surface area contributed by atoms with Gasteiger partial charge in [0.2, 0.25) is 0 Å². The Kier molecular flexibility index (Phi) is 5.24. The van der Waals surface area contributed by atoms with Crippen molar-refractivity contribution in [2.24, 2.45) is 9.98 Å². The van der Waals surface area contributed by atoms with Gasteiger partial charge >= 0.3 is 0 Å². The molecule has 0 atom stereocenters. The number of amidine groups is 1. The molecule has 102 valence electrons. The summed E-state index contributed by atoms with van der Waals surface area (Å²) in [5.41, 5.74) is 3.94. The van der Waals surface area contributed by atoms with Crippen molar-refractivity contribution in [3.8, 4) is 0 Å². The Labute approximate surface area is 128 Å². The summed E-state index contributed by atoms with van der Waals surface area (Å²) in [4.78, 5) is 8.87. The van der Waals surface area contributed by atoms with Crippen LogP contribution in [0.2, 0.25) is 0 Å². The van der Waals surface area contributed by atoms with E-state index in [1.807, 2.05) is 37.3 Å². The fraction of sp³-hybridized carbons (Fsp3) is 0.176. The minimum Gasteiger partial charge on any atom is -0.227 e. The number of aliphatic imine (C=N–C) groups is 2. The van der Waals surface area contributed by atoms with Crippen LogP contribution in [0.25, 0.3) is 5.70 Å². The van der Waals surface area contributed by atoms with Gasteiger partial charge in [-0.15, -0.1) is 0 Å². The van der Waals surface area contributed by atoms with Crippen molar-refractivity contribution < 1.29 is 0 Å². The van der Waals surface area contributed by atoms with Crippen LogP contribution in [0.15, 0.2) is 70.7 Å². The number of hydrogen-bond acceptors (Lipinski definition) is 1. The van der Waals surface area contributed by atoms with Gasteiger partial charge in [-0.1, -0.05) is 55.1 Å². The van der Waals surface area contributed by atoms with Crippen molar-refractivity contribution >= 4 is 32.1 Å². The van der Waals surface area contributed by atoms with E-state index in [0.29, 0.717) is 10.4 Å². The Balaban J connectivity index is 2.13. The molecule has 1 aliphatic carbocycles. The summed E-state index contributed by atoms with van der Waals surface area (Å²) in [5.74, 6) is 0. The van der Waals surface area contributed by atoms with E-state index in [1.54, 1.807) is 0 Å². The Morgan fingerprint density at radius 3 is 2.60 bits per heavy atom. The summed E-state index contributed by atoms with van der Waals surface area (Å²) in [5, 5.41) is 0. The van der Waals surface area contributed by atoms with Gasteiger partial charge in [-0.3, -0.25) is 0 Å². The van der Waals surface area contributed by atoms with Gasteiger partial charge in [-0.2, -0.15) is 0 Å². The summed E-state index contributed by atoms with van der Waals surface area (Å²) in [7, 11) is 0. The molecule has 3 heteroatoms. The molecule has 1 aliphatic rings. The number of rotatable bonds is 3. The molecule has 20 heavy (non-hydrogen) atoms. The zero-order chi connectivity index (χ0) is 14.4. The Morgan fingerprint density at radius 2 is 1.95 bits per heavy atom. The minimum atomic E-state index is 0.555. The maximum atomic E-state index is 4.49. The van der Waals surface area contributed by atoms with E-state index in [1.165, 1.54) is 5.57 Å². The molecule has 2 rings (SSSR count). The van der Waals surface area contributed by atoms with Gasteiger partial charge in [-0.05, 0) is 46.8 Å². The summed E-state index contributed by atoms with van der Waals surface area (Å²) < 4.78 is 0.555. The fourth-order valence-corrected chi connectivity index (χ4v) is 2.43. The quantitative estimate of drug-likeness (QED) is 0.416. The lowest BCUT2D eigenvalue weighted by Gasteiger charge is -2.08. The Morgan fingerprint density at radius 1 is 1.20 bits per heavy atom. The predicted molar refractivity (Wildman–Crippen MR) is 91.4 cm³/mol. The lowest BCUT2D eigenvalue weighted by Crippen LogP contribution is -2.01. The second-order valence-electron chi connectivity index (χ2n) is 4.55. The summed E-state index contributed by atoms with van der Waals surface area (Å²) in [6.07, 6.45) is 8.45. The van der Waals surface area contributed by atoms with E-state index < -0.39 is 0 Å². The van der Waals surface area contributed by atoms with Crippen LogP contribution >= 0.6 is 15.9 Å². The number of hydrogen-bond donors (Lipinski definition) is 0. The van der Waals surface area contributed by atoms with Crippen molar-refractivity contribution in [1.82, 2.24) is 0 Å². The molecule has 2 nitrogen and oxygen atoms in total. The molecule has 0 aliphatic heterocycles. The summed E-state index contributed by atoms with van der Waals surface area (Å²) in [6.45, 7) is 5.98. The number of nitrogens with zero attached hydrogens (tertiary/aromatic N) is 2. The van der Waals surface area contributed by atoms with Crippen LogP contribution < -0.4 is 0 Å². The third kappa shape index (κ3) is 4.14. The third-order valence-electron chi connectivity index (χ3n) is 3.07. The van der Waals surface area contributed by atoms with Gasteiger partial charge in [0.15, 0.2) is 4.74 Å². The SMILES string of the molecule is C=C(/N=C(Br)\N=C(/C)C1=CC=CCC1)c1ccccc1. The van der Waals surface area contributed by atoms with E-state index in [4.69, 9.17) is 0 Å². The number of allylic oxidation sites excluding steroid dienone is 4. The number of halogens is 1. The molecule has 0 saturated carbocycles. The third-order valence-corrected chi connectivity index (χ3v) is 3.43. The van der Waals surface area contributed by atoms with E-state index in [9.17, 15) is 0 Å². The average molecular weight is 329 g/mol. The van der Waals surface area contributed by atoms with Crippen LogP contribution in [-0.4, -0.2) is 10.5 Å². The molecule has 0 bridgehead atoms. The maximum absolute atomic E-state index is 4.49. The maximum Gasteiger partial charge on any atom is 0.197 e. The molecule has 0 aromatic heterocycles. The van der Waals surface area contributed by atoms with Gasteiger partial charge in [0, 0.05) is 5.71 Å². The van der Waals surface area contributed by atoms with E-state index in [-0.39, 0.29) is 0 Å². The topological polar surface area (TPSA) is 24.7 Å². The van der Waals surface area contributed by atoms with Gasteiger partial charge in [-0.25, -0.2) is 9.98 Å². The van der Waals surface area contributed by atoms with Gasteiger partial charge in [0.05, 0.1) is 5.70 Å². The summed E-state index contributed by atoms with van der Waals surface area (Å²) in [6, 6.07) is 9.88. The molecule has 0 heterocycles. The zero-order valence-corrected chi connectivity index (χ0v) is 13.1.